The molecule has 3 N–H and O–H groups in total. The lowest BCUT2D eigenvalue weighted by Gasteiger charge is -2.16. The zero-order chi connectivity index (χ0) is 21.5. The molecular formula is C21H31F3N2O2. The monoisotopic (exact) mass is 400 g/mol. The summed E-state index contributed by atoms with van der Waals surface area (Å²) in [6.45, 7) is 5.06. The maximum absolute atomic E-state index is 13.8. The van der Waals surface area contributed by atoms with E-state index in [2.05, 4.69) is 17.6 Å². The molecule has 0 aliphatic rings. The SMILES string of the molecule is C=O.CNCCC[C@H](C)Cc1cc(F)ccc1Nc1ccc(F)cc1F.CO.[HH]. The van der Waals surface area contributed by atoms with Crippen LogP contribution in [-0.2, 0) is 11.2 Å². The molecule has 0 aliphatic heterocycles. The highest BCUT2D eigenvalue weighted by Gasteiger charge is 2.11. The first kappa shape index (κ1) is 25.6. The minimum absolute atomic E-state index is 0. The summed E-state index contributed by atoms with van der Waals surface area (Å²) in [5, 5.41) is 13.1. The van der Waals surface area contributed by atoms with Gasteiger partial charge in [-0.05, 0) is 74.7 Å². The summed E-state index contributed by atoms with van der Waals surface area (Å²) in [5.74, 6) is -1.25. The molecule has 158 valence electrons. The van der Waals surface area contributed by atoms with Gasteiger partial charge in [-0.25, -0.2) is 13.2 Å². The number of nitrogens with one attached hydrogen (secondary N) is 2. The third-order valence-corrected chi connectivity index (χ3v) is 3.96. The van der Waals surface area contributed by atoms with Crippen LogP contribution in [0.3, 0.4) is 0 Å². The topological polar surface area (TPSA) is 61.4 Å². The summed E-state index contributed by atoms with van der Waals surface area (Å²) < 4.78 is 40.5. The van der Waals surface area contributed by atoms with E-state index in [9.17, 15) is 13.2 Å². The number of halogens is 3. The fraction of sp³-hybridized carbons (Fsp3) is 0.381. The minimum Gasteiger partial charge on any atom is -0.400 e. The maximum atomic E-state index is 13.8. The molecule has 28 heavy (non-hydrogen) atoms. The number of hydrogen-bond donors (Lipinski definition) is 3. The Balaban J connectivity index is 0. The molecule has 1 atom stereocenters. The number of aliphatic hydroxyl groups is 1. The molecule has 0 bridgehead atoms. The lowest BCUT2D eigenvalue weighted by atomic mass is 9.95. The molecule has 0 amide bonds. The highest BCUT2D eigenvalue weighted by molar-refractivity contribution is 5.63. The Hall–Kier alpha value is -2.38. The van der Waals surface area contributed by atoms with Crippen molar-refractivity contribution >= 4 is 18.2 Å². The van der Waals surface area contributed by atoms with Crippen molar-refractivity contribution in [3.05, 3.63) is 59.4 Å². The van der Waals surface area contributed by atoms with Crippen LogP contribution < -0.4 is 10.6 Å². The van der Waals surface area contributed by atoms with E-state index >= 15 is 0 Å². The van der Waals surface area contributed by atoms with Crippen LogP contribution >= 0.6 is 0 Å². The van der Waals surface area contributed by atoms with Crippen LogP contribution in [0, 0.1) is 23.4 Å². The first-order valence-corrected chi connectivity index (χ1v) is 8.88. The van der Waals surface area contributed by atoms with Crippen molar-refractivity contribution in [3.63, 3.8) is 0 Å². The van der Waals surface area contributed by atoms with Gasteiger partial charge in [-0.3, -0.25) is 0 Å². The van der Waals surface area contributed by atoms with Gasteiger partial charge in [-0.1, -0.05) is 6.92 Å². The fourth-order valence-corrected chi connectivity index (χ4v) is 2.69. The predicted molar refractivity (Wildman–Crippen MR) is 109 cm³/mol. The van der Waals surface area contributed by atoms with Crippen LogP contribution in [-0.4, -0.2) is 32.6 Å². The van der Waals surface area contributed by atoms with Crippen LogP contribution in [0.15, 0.2) is 36.4 Å². The average molecular weight is 400 g/mol. The van der Waals surface area contributed by atoms with Gasteiger partial charge in [0.25, 0.3) is 0 Å². The van der Waals surface area contributed by atoms with Crippen molar-refractivity contribution in [2.45, 2.75) is 26.2 Å². The van der Waals surface area contributed by atoms with Gasteiger partial charge < -0.3 is 20.5 Å². The summed E-state index contributed by atoms with van der Waals surface area (Å²) in [7, 11) is 2.91. The van der Waals surface area contributed by atoms with Gasteiger partial charge in [0.2, 0.25) is 0 Å². The van der Waals surface area contributed by atoms with Gasteiger partial charge in [-0.2, -0.15) is 0 Å². The molecule has 2 aromatic carbocycles. The van der Waals surface area contributed by atoms with Crippen molar-refractivity contribution in [1.82, 2.24) is 5.32 Å². The van der Waals surface area contributed by atoms with E-state index < -0.39 is 11.6 Å². The van der Waals surface area contributed by atoms with Gasteiger partial charge in [0.05, 0.1) is 5.69 Å². The number of carbonyl (C=O) groups excluding carboxylic acids is 1. The molecule has 2 rings (SSSR count). The van der Waals surface area contributed by atoms with Gasteiger partial charge >= 0.3 is 0 Å². The third-order valence-electron chi connectivity index (χ3n) is 3.96. The largest absolute Gasteiger partial charge is 0.400 e. The Kier molecular flexibility index (Phi) is 13.4. The second-order valence-corrected chi connectivity index (χ2v) is 6.11. The predicted octanol–water partition coefficient (Wildman–Crippen LogP) is 4.70. The molecule has 0 fully saturated rings. The first-order valence-electron chi connectivity index (χ1n) is 8.88. The Morgan fingerprint density at radius 1 is 1.04 bits per heavy atom. The van der Waals surface area contributed by atoms with Gasteiger partial charge in [0.1, 0.15) is 24.2 Å². The van der Waals surface area contributed by atoms with Crippen LogP contribution in [0.4, 0.5) is 24.5 Å². The summed E-state index contributed by atoms with van der Waals surface area (Å²) in [5.41, 5.74) is 1.60. The molecule has 7 heteroatoms. The van der Waals surface area contributed by atoms with E-state index in [1.54, 1.807) is 6.07 Å². The molecule has 0 radical (unpaired) electrons. The van der Waals surface area contributed by atoms with Crippen LogP contribution in [0.2, 0.25) is 0 Å². The van der Waals surface area contributed by atoms with E-state index in [0.717, 1.165) is 38.1 Å². The molecular weight excluding hydrogens is 369 g/mol. The van der Waals surface area contributed by atoms with Crippen molar-refractivity contribution < 1.29 is 24.5 Å². The molecule has 0 saturated carbocycles. The number of carbonyl (C=O) groups is 1. The Morgan fingerprint density at radius 2 is 1.61 bits per heavy atom. The van der Waals surface area contributed by atoms with Crippen molar-refractivity contribution in [1.29, 1.82) is 0 Å². The van der Waals surface area contributed by atoms with E-state index in [1.807, 2.05) is 13.8 Å². The molecule has 0 heterocycles. The third kappa shape index (κ3) is 9.01. The number of aliphatic hydroxyl groups excluding tert-OH is 1. The van der Waals surface area contributed by atoms with E-state index in [4.69, 9.17) is 9.90 Å². The van der Waals surface area contributed by atoms with Crippen LogP contribution in [0.5, 0.6) is 0 Å². The molecule has 0 saturated heterocycles. The van der Waals surface area contributed by atoms with Crippen LogP contribution in [0.25, 0.3) is 0 Å². The van der Waals surface area contributed by atoms with Gasteiger partial charge in [0.15, 0.2) is 0 Å². The molecule has 2 aromatic rings. The van der Waals surface area contributed by atoms with Gasteiger partial charge in [-0.15, -0.1) is 0 Å². The van der Waals surface area contributed by atoms with E-state index in [-0.39, 0.29) is 12.9 Å². The summed E-state index contributed by atoms with van der Waals surface area (Å²) in [6.07, 6.45) is 2.75. The summed E-state index contributed by atoms with van der Waals surface area (Å²) in [6, 6.07) is 7.75. The zero-order valence-electron chi connectivity index (χ0n) is 16.6. The zero-order valence-corrected chi connectivity index (χ0v) is 16.6. The van der Waals surface area contributed by atoms with Crippen molar-refractivity contribution in [2.75, 3.05) is 26.0 Å². The minimum atomic E-state index is -0.674. The fourth-order valence-electron chi connectivity index (χ4n) is 2.69. The standard InChI is InChI=1S/C19H23F3N2.CH4O.CH2O.H2/c1-13(4-3-9-23-2)10-14-11-15(20)5-7-18(14)24-19-8-6-16(21)12-17(19)22;2*1-2;/h5-8,11-13,23-24H,3-4,9-10H2,1-2H3;2H,1H3;1H2;1H/t13-;;;/m0.../s1. The van der Waals surface area contributed by atoms with Gasteiger partial charge in [0, 0.05) is 20.3 Å². The lowest BCUT2D eigenvalue weighted by molar-refractivity contribution is -0.0979. The number of rotatable bonds is 8. The smallest absolute Gasteiger partial charge is 0.149 e. The lowest BCUT2D eigenvalue weighted by Crippen LogP contribution is -2.10. The molecule has 0 unspecified atom stereocenters. The Morgan fingerprint density at radius 3 is 2.18 bits per heavy atom. The van der Waals surface area contributed by atoms with E-state index in [1.165, 1.54) is 24.3 Å². The highest BCUT2D eigenvalue weighted by Crippen LogP contribution is 2.27. The quantitative estimate of drug-likeness (QED) is 0.563. The van der Waals surface area contributed by atoms with Crippen molar-refractivity contribution in [2.24, 2.45) is 5.92 Å². The first-order chi connectivity index (χ1) is 13.5. The van der Waals surface area contributed by atoms with Crippen molar-refractivity contribution in [3.8, 4) is 0 Å². The Labute approximate surface area is 166 Å². The Bertz CT molecular complexity index is 706. The number of anilines is 2. The molecule has 0 spiro atoms. The molecule has 0 aromatic heterocycles. The number of benzene rings is 2. The maximum Gasteiger partial charge on any atom is 0.149 e. The van der Waals surface area contributed by atoms with Crippen LogP contribution in [0.1, 0.15) is 26.8 Å². The summed E-state index contributed by atoms with van der Waals surface area (Å²) in [4.78, 5) is 8.00. The molecule has 4 nitrogen and oxygen atoms in total. The summed E-state index contributed by atoms with van der Waals surface area (Å²) >= 11 is 0. The normalized spacial score (nSPS) is 10.8. The average Bonchev–Trinajstić information content (AvgIpc) is 2.69. The second kappa shape index (κ2) is 14.6. The number of hydrogen-bond acceptors (Lipinski definition) is 4. The molecule has 0 aliphatic carbocycles. The second-order valence-electron chi connectivity index (χ2n) is 6.11. The highest BCUT2D eigenvalue weighted by atomic mass is 19.1. The van der Waals surface area contributed by atoms with E-state index in [0.29, 0.717) is 18.0 Å².